The smallest absolute Gasteiger partial charge is 0.243 e. The van der Waals surface area contributed by atoms with E-state index in [1.807, 2.05) is 54.6 Å². The summed E-state index contributed by atoms with van der Waals surface area (Å²) in [5.74, 6) is 0.934. The first kappa shape index (κ1) is 28.3. The Bertz CT molecular complexity index is 1210. The first-order chi connectivity index (χ1) is 18.4. The van der Waals surface area contributed by atoms with Gasteiger partial charge in [-0.2, -0.15) is 0 Å². The van der Waals surface area contributed by atoms with Crippen molar-refractivity contribution in [3.63, 3.8) is 0 Å². The lowest BCUT2D eigenvalue weighted by molar-refractivity contribution is -0.139. The molecule has 3 aromatic carbocycles. The lowest BCUT2D eigenvalue weighted by atomic mass is 10.0. The van der Waals surface area contributed by atoms with Crippen LogP contribution in [0.25, 0.3) is 0 Å². The number of amides is 2. The van der Waals surface area contributed by atoms with Gasteiger partial charge in [0.15, 0.2) is 0 Å². The molecular weight excluding hydrogens is 512 g/mol. The van der Waals surface area contributed by atoms with Crippen LogP contribution in [0.2, 0.25) is 5.02 Å². The first-order valence-electron chi connectivity index (χ1n) is 13.4. The third-order valence-electron chi connectivity index (χ3n) is 6.99. The van der Waals surface area contributed by atoms with E-state index in [1.165, 1.54) is 16.7 Å². The van der Waals surface area contributed by atoms with Gasteiger partial charge in [-0.25, -0.2) is 0 Å². The standard InChI is InChI=1S/C32H37ClN2O2S/c1-23-15-24(2)17-27(16-23)21-38-22-31(36)35(20-26-11-8-12-28(33)18-26)30(19-25-9-4-3-5-10-25)32(37)34-29-13-6-7-14-29/h3-5,8-12,15-18,29-30H,6-7,13-14,19-22H2,1-2H3,(H,34,37). The molecule has 0 heterocycles. The number of nitrogens with zero attached hydrogens (tertiary/aromatic N) is 1. The summed E-state index contributed by atoms with van der Waals surface area (Å²) in [5.41, 5.74) is 5.60. The number of halogens is 1. The van der Waals surface area contributed by atoms with Crippen molar-refractivity contribution in [1.82, 2.24) is 10.2 Å². The molecule has 4 nitrogen and oxygen atoms in total. The summed E-state index contributed by atoms with van der Waals surface area (Å²) in [4.78, 5) is 29.3. The fraction of sp³-hybridized carbons (Fsp3) is 0.375. The SMILES string of the molecule is Cc1cc(C)cc(CSCC(=O)N(Cc2cccc(Cl)c2)C(Cc2ccccc2)C(=O)NC2CCCC2)c1. The molecule has 0 radical (unpaired) electrons. The number of aryl methyl sites for hydroxylation is 2. The minimum atomic E-state index is -0.605. The molecule has 0 bridgehead atoms. The Morgan fingerprint density at radius 2 is 1.61 bits per heavy atom. The molecule has 1 unspecified atom stereocenters. The molecule has 38 heavy (non-hydrogen) atoms. The summed E-state index contributed by atoms with van der Waals surface area (Å²) in [6.07, 6.45) is 4.73. The van der Waals surface area contributed by atoms with Gasteiger partial charge in [-0.05, 0) is 55.5 Å². The lowest BCUT2D eigenvalue weighted by Gasteiger charge is -2.32. The topological polar surface area (TPSA) is 49.4 Å². The van der Waals surface area contributed by atoms with Gasteiger partial charge in [-0.15, -0.1) is 11.8 Å². The molecular formula is C32H37ClN2O2S. The zero-order valence-electron chi connectivity index (χ0n) is 22.3. The third-order valence-corrected chi connectivity index (χ3v) is 8.21. The van der Waals surface area contributed by atoms with Crippen LogP contribution in [0.3, 0.4) is 0 Å². The molecule has 0 aliphatic heterocycles. The molecule has 1 atom stereocenters. The number of hydrogen-bond donors (Lipinski definition) is 1. The van der Waals surface area contributed by atoms with Crippen molar-refractivity contribution < 1.29 is 9.59 Å². The van der Waals surface area contributed by atoms with E-state index in [1.54, 1.807) is 16.7 Å². The van der Waals surface area contributed by atoms with Gasteiger partial charge in [0.25, 0.3) is 0 Å². The van der Waals surface area contributed by atoms with Crippen LogP contribution < -0.4 is 5.32 Å². The summed E-state index contributed by atoms with van der Waals surface area (Å²) >= 11 is 7.88. The first-order valence-corrected chi connectivity index (χ1v) is 14.9. The van der Waals surface area contributed by atoms with E-state index in [4.69, 9.17) is 11.6 Å². The highest BCUT2D eigenvalue weighted by molar-refractivity contribution is 7.99. The Kier molecular flexibility index (Phi) is 10.3. The quantitative estimate of drug-likeness (QED) is 0.284. The Morgan fingerprint density at radius 1 is 0.921 bits per heavy atom. The van der Waals surface area contributed by atoms with E-state index in [-0.39, 0.29) is 17.9 Å². The highest BCUT2D eigenvalue weighted by Crippen LogP contribution is 2.22. The van der Waals surface area contributed by atoms with Crippen molar-refractivity contribution in [2.75, 3.05) is 5.75 Å². The molecule has 0 aromatic heterocycles. The second kappa shape index (κ2) is 13.9. The summed E-state index contributed by atoms with van der Waals surface area (Å²) in [7, 11) is 0. The van der Waals surface area contributed by atoms with E-state index in [0.717, 1.165) is 42.6 Å². The molecule has 0 saturated heterocycles. The molecule has 2 amide bonds. The van der Waals surface area contributed by atoms with Crippen LogP contribution in [0.4, 0.5) is 0 Å². The van der Waals surface area contributed by atoms with Crippen molar-refractivity contribution in [3.8, 4) is 0 Å². The molecule has 3 aromatic rings. The number of hydrogen-bond acceptors (Lipinski definition) is 3. The average Bonchev–Trinajstić information content (AvgIpc) is 3.39. The number of carbonyl (C=O) groups is 2. The average molecular weight is 549 g/mol. The van der Waals surface area contributed by atoms with Crippen LogP contribution in [0.1, 0.15) is 53.5 Å². The van der Waals surface area contributed by atoms with Gasteiger partial charge in [0.1, 0.15) is 6.04 Å². The Morgan fingerprint density at radius 3 is 2.29 bits per heavy atom. The number of rotatable bonds is 11. The van der Waals surface area contributed by atoms with E-state index >= 15 is 0 Å². The van der Waals surface area contributed by atoms with E-state index < -0.39 is 6.04 Å². The molecule has 0 spiro atoms. The fourth-order valence-electron chi connectivity index (χ4n) is 5.24. The summed E-state index contributed by atoms with van der Waals surface area (Å²) < 4.78 is 0. The van der Waals surface area contributed by atoms with Crippen LogP contribution in [0, 0.1) is 13.8 Å². The van der Waals surface area contributed by atoms with Crippen molar-refractivity contribution in [2.24, 2.45) is 0 Å². The Hall–Kier alpha value is -2.76. The molecule has 1 N–H and O–H groups in total. The molecule has 1 saturated carbocycles. The summed E-state index contributed by atoms with van der Waals surface area (Å²) in [5, 5.41) is 3.88. The maximum absolute atomic E-state index is 13.8. The van der Waals surface area contributed by atoms with Gasteiger partial charge < -0.3 is 10.2 Å². The second-order valence-corrected chi connectivity index (χ2v) is 11.8. The van der Waals surface area contributed by atoms with Gasteiger partial charge in [-0.1, -0.05) is 96.2 Å². The minimum Gasteiger partial charge on any atom is -0.352 e. The zero-order chi connectivity index (χ0) is 26.9. The maximum Gasteiger partial charge on any atom is 0.243 e. The normalized spacial score (nSPS) is 14.3. The molecule has 1 aliphatic carbocycles. The Labute approximate surface area is 236 Å². The third kappa shape index (κ3) is 8.37. The maximum atomic E-state index is 13.8. The van der Waals surface area contributed by atoms with Crippen molar-refractivity contribution in [3.05, 3.63) is 106 Å². The highest BCUT2D eigenvalue weighted by Gasteiger charge is 2.32. The van der Waals surface area contributed by atoms with Gasteiger partial charge in [0.2, 0.25) is 11.8 Å². The second-order valence-electron chi connectivity index (χ2n) is 10.3. The number of carbonyl (C=O) groups excluding carboxylic acids is 2. The number of benzene rings is 3. The lowest BCUT2D eigenvalue weighted by Crippen LogP contribution is -2.52. The van der Waals surface area contributed by atoms with Crippen molar-refractivity contribution >= 4 is 35.2 Å². The molecule has 6 heteroatoms. The van der Waals surface area contributed by atoms with E-state index in [0.29, 0.717) is 23.7 Å². The molecule has 200 valence electrons. The van der Waals surface area contributed by atoms with Crippen LogP contribution in [0.15, 0.2) is 72.8 Å². The van der Waals surface area contributed by atoms with Crippen LogP contribution in [0.5, 0.6) is 0 Å². The van der Waals surface area contributed by atoms with Gasteiger partial charge in [0.05, 0.1) is 5.75 Å². The van der Waals surface area contributed by atoms with Crippen molar-refractivity contribution in [2.45, 2.75) is 70.3 Å². The van der Waals surface area contributed by atoms with Gasteiger partial charge in [-0.3, -0.25) is 9.59 Å². The van der Waals surface area contributed by atoms with Crippen LogP contribution in [-0.2, 0) is 28.3 Å². The number of thioether (sulfide) groups is 1. The van der Waals surface area contributed by atoms with Crippen LogP contribution in [-0.4, -0.2) is 34.6 Å². The summed E-state index contributed by atoms with van der Waals surface area (Å²) in [6.45, 7) is 4.52. The molecule has 1 aliphatic rings. The zero-order valence-corrected chi connectivity index (χ0v) is 23.9. The van der Waals surface area contributed by atoms with Gasteiger partial charge in [0, 0.05) is 29.8 Å². The molecule has 4 rings (SSSR count). The summed E-state index contributed by atoms with van der Waals surface area (Å²) in [6, 6.07) is 23.6. The fourth-order valence-corrected chi connectivity index (χ4v) is 6.30. The monoisotopic (exact) mass is 548 g/mol. The molecule has 1 fully saturated rings. The van der Waals surface area contributed by atoms with E-state index in [9.17, 15) is 9.59 Å². The van der Waals surface area contributed by atoms with Gasteiger partial charge >= 0.3 is 0 Å². The largest absolute Gasteiger partial charge is 0.352 e. The Balaban J connectivity index is 1.56. The highest BCUT2D eigenvalue weighted by atomic mass is 35.5. The van der Waals surface area contributed by atoms with E-state index in [2.05, 4.69) is 37.4 Å². The van der Waals surface area contributed by atoms with Crippen molar-refractivity contribution in [1.29, 1.82) is 0 Å². The van der Waals surface area contributed by atoms with Crippen LogP contribution >= 0.6 is 23.4 Å². The predicted octanol–water partition coefficient (Wildman–Crippen LogP) is 6.89. The number of nitrogens with one attached hydrogen (secondary N) is 1. The minimum absolute atomic E-state index is 0.0400. The predicted molar refractivity (Wildman–Crippen MR) is 158 cm³/mol.